The molecule has 0 aliphatic carbocycles. The summed E-state index contributed by atoms with van der Waals surface area (Å²) < 4.78 is 19.4. The number of benzene rings is 2. The molecule has 2 aromatic carbocycles. The van der Waals surface area contributed by atoms with Crippen LogP contribution >= 0.6 is 0 Å². The molecule has 2 N–H and O–H groups in total. The van der Waals surface area contributed by atoms with Gasteiger partial charge in [-0.15, -0.1) is 5.79 Å². The molecule has 0 bridgehead atoms. The molecule has 130 valence electrons. The molecule has 0 spiro atoms. The third-order valence-electron chi connectivity index (χ3n) is 2.80. The van der Waals surface area contributed by atoms with E-state index in [1.54, 1.807) is 36.4 Å². The van der Waals surface area contributed by atoms with Crippen LogP contribution in [0, 0.1) is 0 Å². The van der Waals surface area contributed by atoms with Crippen molar-refractivity contribution < 1.29 is 29.2 Å². The molecule has 0 aliphatic heterocycles. The lowest BCUT2D eigenvalue weighted by Gasteiger charge is -2.06. The number of hydrogen-bond acceptors (Lipinski definition) is 6. The van der Waals surface area contributed by atoms with Gasteiger partial charge in [-0.3, -0.25) is 0 Å². The van der Waals surface area contributed by atoms with Crippen molar-refractivity contribution in [3.63, 3.8) is 0 Å². The highest BCUT2D eigenvalue weighted by molar-refractivity contribution is 6.05. The lowest BCUT2D eigenvalue weighted by Crippen LogP contribution is -1.87. The first kappa shape index (κ1) is 21.8. The first-order chi connectivity index (χ1) is 11.6. The van der Waals surface area contributed by atoms with E-state index in [1.165, 1.54) is 28.4 Å². The molecule has 0 saturated carbocycles. The predicted octanol–water partition coefficient (Wildman–Crippen LogP) is 3.02. The van der Waals surface area contributed by atoms with E-state index in [4.69, 9.17) is 18.9 Å². The van der Waals surface area contributed by atoms with Crippen LogP contribution in [-0.4, -0.2) is 54.9 Å². The molecule has 0 unspecified atom stereocenters. The summed E-state index contributed by atoms with van der Waals surface area (Å²) in [6.45, 7) is 0. The molecule has 0 amide bonds. The third-order valence-corrected chi connectivity index (χ3v) is 2.80. The van der Waals surface area contributed by atoms with Gasteiger partial charge in [0.2, 0.25) is 11.5 Å². The zero-order chi connectivity index (χ0) is 18.5. The lowest BCUT2D eigenvalue weighted by molar-refractivity contribution is 0.340. The van der Waals surface area contributed by atoms with Crippen LogP contribution < -0.4 is 18.9 Å². The first-order valence-electron chi connectivity index (χ1n) is 6.96. The zero-order valence-electron chi connectivity index (χ0n) is 14.6. The number of hydrogen-bond donors (Lipinski definition) is 2. The van der Waals surface area contributed by atoms with Crippen LogP contribution in [0.5, 0.6) is 34.5 Å². The Hall–Kier alpha value is -2.23. The highest BCUT2D eigenvalue weighted by Gasteiger charge is 2.06. The number of para-hydroxylation sites is 2. The Bertz CT molecular complexity index is 506. The van der Waals surface area contributed by atoms with Gasteiger partial charge < -0.3 is 29.2 Å². The third kappa shape index (κ3) is 6.11. The van der Waals surface area contributed by atoms with Gasteiger partial charge in [0.15, 0.2) is 23.0 Å². The molecule has 2 aromatic rings. The van der Waals surface area contributed by atoms with E-state index >= 15 is 0 Å². The van der Waals surface area contributed by atoms with Crippen molar-refractivity contribution >= 4 is 16.3 Å². The standard InChI is InChI=1S/2C8H10O3.CH3.Al/c2*1-10-6-4-3-5-7(11-2)8(6)9;;/h2*3-5,9H,1-2H3;1H3;. The van der Waals surface area contributed by atoms with E-state index in [0.717, 1.165) is 0 Å². The molecule has 24 heavy (non-hydrogen) atoms. The quantitative estimate of drug-likeness (QED) is 0.826. The van der Waals surface area contributed by atoms with E-state index < -0.39 is 0 Å². The van der Waals surface area contributed by atoms with Crippen molar-refractivity contribution in [2.45, 2.75) is 5.79 Å². The molecule has 0 fully saturated rings. The molecule has 2 radical (unpaired) electrons. The van der Waals surface area contributed by atoms with Gasteiger partial charge in [0.05, 0.1) is 28.4 Å². The van der Waals surface area contributed by atoms with Crippen LogP contribution in [0.2, 0.25) is 5.79 Å². The van der Waals surface area contributed by atoms with E-state index in [2.05, 4.69) is 16.3 Å². The molecule has 0 aromatic heterocycles. The summed E-state index contributed by atoms with van der Waals surface area (Å²) in [6.07, 6.45) is 0. The van der Waals surface area contributed by atoms with Crippen molar-refractivity contribution in [3.8, 4) is 34.5 Å². The van der Waals surface area contributed by atoms with Crippen LogP contribution in [-0.2, 0) is 0 Å². The Morgan fingerprint density at radius 2 is 0.792 bits per heavy atom. The predicted molar refractivity (Wildman–Crippen MR) is 94.0 cm³/mol. The minimum absolute atomic E-state index is 0.0394. The minimum Gasteiger partial charge on any atom is -0.502 e. The molecule has 0 saturated heterocycles. The number of phenolic OH excluding ortho intramolecular Hbond substituents is 2. The van der Waals surface area contributed by atoms with Gasteiger partial charge in [0.1, 0.15) is 16.3 Å². The summed E-state index contributed by atoms with van der Waals surface area (Å²) in [5, 5.41) is 18.7. The topological polar surface area (TPSA) is 77.4 Å². The Morgan fingerprint density at radius 3 is 0.958 bits per heavy atom. The largest absolute Gasteiger partial charge is 0.502 e. The zero-order valence-corrected chi connectivity index (χ0v) is 15.7. The molecule has 0 aliphatic rings. The number of ether oxygens (including phenoxy) is 4. The second kappa shape index (κ2) is 12.2. The molecule has 2 rings (SSSR count). The molecule has 6 nitrogen and oxygen atoms in total. The summed E-state index contributed by atoms with van der Waals surface area (Å²) in [4.78, 5) is 0. The minimum atomic E-state index is 0.0394. The second-order valence-corrected chi connectivity index (χ2v) is 4.02. The van der Waals surface area contributed by atoms with Gasteiger partial charge in [0, 0.05) is 0 Å². The van der Waals surface area contributed by atoms with Crippen LogP contribution in [0.25, 0.3) is 0 Å². The maximum Gasteiger partial charge on any atom is 0.200 e. The molecular formula is C17H23AlO6. The van der Waals surface area contributed by atoms with Crippen LogP contribution in [0.1, 0.15) is 0 Å². The normalized spacial score (nSPS) is 8.71. The lowest BCUT2D eigenvalue weighted by atomic mass is 10.3. The summed E-state index contributed by atoms with van der Waals surface area (Å²) >= 11 is 2.42. The number of aromatic hydroxyl groups is 2. The molecule has 0 heterocycles. The van der Waals surface area contributed by atoms with Gasteiger partial charge in [-0.25, -0.2) is 0 Å². The Balaban J connectivity index is 0.000000400. The fourth-order valence-corrected chi connectivity index (χ4v) is 1.66. The van der Waals surface area contributed by atoms with Crippen molar-refractivity contribution in [1.82, 2.24) is 0 Å². The first-order valence-corrected chi connectivity index (χ1v) is 8.12. The Kier molecular flexibility index (Phi) is 11.1. The highest BCUT2D eigenvalue weighted by Crippen LogP contribution is 2.35. The second-order valence-electron chi connectivity index (χ2n) is 4.02. The smallest absolute Gasteiger partial charge is 0.200 e. The molecular weight excluding hydrogens is 327 g/mol. The van der Waals surface area contributed by atoms with Crippen molar-refractivity contribution in [2.24, 2.45) is 0 Å². The monoisotopic (exact) mass is 350 g/mol. The number of phenols is 2. The van der Waals surface area contributed by atoms with Crippen molar-refractivity contribution in [1.29, 1.82) is 0 Å². The summed E-state index contributed by atoms with van der Waals surface area (Å²) in [5.74, 6) is 3.68. The van der Waals surface area contributed by atoms with Crippen molar-refractivity contribution in [2.75, 3.05) is 28.4 Å². The van der Waals surface area contributed by atoms with E-state index in [1.807, 2.05) is 5.79 Å². The summed E-state index contributed by atoms with van der Waals surface area (Å²) in [6, 6.07) is 10.2. The average molecular weight is 350 g/mol. The van der Waals surface area contributed by atoms with Gasteiger partial charge in [-0.05, 0) is 24.3 Å². The molecule has 0 atom stereocenters. The van der Waals surface area contributed by atoms with Crippen LogP contribution in [0.4, 0.5) is 0 Å². The SMILES string of the molecule is COc1cccc(OC)c1O.COc1cccc(OC)c1O.[CH3][Al]. The maximum absolute atomic E-state index is 9.34. The maximum atomic E-state index is 9.34. The van der Waals surface area contributed by atoms with Crippen molar-refractivity contribution in [3.05, 3.63) is 36.4 Å². The number of rotatable bonds is 4. The van der Waals surface area contributed by atoms with E-state index in [0.29, 0.717) is 23.0 Å². The van der Waals surface area contributed by atoms with Gasteiger partial charge in [0.25, 0.3) is 0 Å². The van der Waals surface area contributed by atoms with Crippen LogP contribution in [0.3, 0.4) is 0 Å². The summed E-state index contributed by atoms with van der Waals surface area (Å²) in [7, 11) is 5.98. The Labute approximate surface area is 151 Å². The highest BCUT2D eigenvalue weighted by atomic mass is 27.0. The Morgan fingerprint density at radius 1 is 0.583 bits per heavy atom. The summed E-state index contributed by atoms with van der Waals surface area (Å²) in [5.41, 5.74) is 0. The van der Waals surface area contributed by atoms with Gasteiger partial charge >= 0.3 is 0 Å². The fourth-order valence-electron chi connectivity index (χ4n) is 1.66. The van der Waals surface area contributed by atoms with Gasteiger partial charge in [-0.2, -0.15) is 0 Å². The van der Waals surface area contributed by atoms with Gasteiger partial charge in [-0.1, -0.05) is 12.1 Å². The number of methoxy groups -OCH3 is 4. The fraction of sp³-hybridized carbons (Fsp3) is 0.294. The van der Waals surface area contributed by atoms with E-state index in [9.17, 15) is 10.2 Å². The van der Waals surface area contributed by atoms with Crippen LogP contribution in [0.15, 0.2) is 36.4 Å². The average Bonchev–Trinajstić information content (AvgIpc) is 2.64. The van der Waals surface area contributed by atoms with E-state index in [-0.39, 0.29) is 11.5 Å². The molecule has 7 heteroatoms.